The smallest absolute Gasteiger partial charge is 0.0572 e. The minimum Gasteiger partial charge on any atom is -0.305 e. The van der Waals surface area contributed by atoms with Gasteiger partial charge in [0.25, 0.3) is 0 Å². The van der Waals surface area contributed by atoms with Gasteiger partial charge in [-0.2, -0.15) is 0 Å². The Hall–Kier alpha value is -1.18. The van der Waals surface area contributed by atoms with Gasteiger partial charge in [0, 0.05) is 5.70 Å². The van der Waals surface area contributed by atoms with Crippen LogP contribution in [-0.2, 0) is 0 Å². The van der Waals surface area contributed by atoms with Gasteiger partial charge in [0.2, 0.25) is 0 Å². The fourth-order valence-corrected chi connectivity index (χ4v) is 1.56. The summed E-state index contributed by atoms with van der Waals surface area (Å²) in [7, 11) is 0. The Bertz CT molecular complexity index is 284. The van der Waals surface area contributed by atoms with Crippen LogP contribution in [-0.4, -0.2) is 0 Å². The van der Waals surface area contributed by atoms with Crippen molar-refractivity contribution in [3.8, 4) is 0 Å². The van der Waals surface area contributed by atoms with Crippen molar-refractivity contribution in [3.05, 3.63) is 35.2 Å². The lowest BCUT2D eigenvalue weighted by Gasteiger charge is -2.24. The Morgan fingerprint density at radius 2 is 2.25 bits per heavy atom. The molecule has 0 bridgehead atoms. The van der Waals surface area contributed by atoms with E-state index in [2.05, 4.69) is 42.9 Å². The molecule has 1 heterocycles. The quantitative estimate of drug-likeness (QED) is 0.568. The van der Waals surface area contributed by atoms with Crippen molar-refractivity contribution in [3.63, 3.8) is 0 Å². The molecule has 12 heavy (non-hydrogen) atoms. The average Bonchev–Trinajstić information content (AvgIpc) is 2.05. The first-order valence-electron chi connectivity index (χ1n) is 4.38. The Labute approximate surface area is 73.0 Å². The first-order chi connectivity index (χ1) is 5.75. The number of allylic oxidation sites excluding steroid dienone is 4. The molecule has 1 aliphatic carbocycles. The van der Waals surface area contributed by atoms with Gasteiger partial charge in [0.15, 0.2) is 0 Å². The second-order valence-electron chi connectivity index (χ2n) is 3.53. The van der Waals surface area contributed by atoms with Gasteiger partial charge in [-0.3, -0.25) is 0 Å². The summed E-state index contributed by atoms with van der Waals surface area (Å²) in [5.74, 6) is 0.657. The summed E-state index contributed by atoms with van der Waals surface area (Å²) < 4.78 is 0. The van der Waals surface area contributed by atoms with E-state index in [0.717, 1.165) is 6.42 Å². The molecular weight excluding hydrogens is 148 g/mol. The second-order valence-corrected chi connectivity index (χ2v) is 3.53. The van der Waals surface area contributed by atoms with Gasteiger partial charge in [0.1, 0.15) is 0 Å². The highest BCUT2D eigenvalue weighted by atomic mass is 15.4. The van der Waals surface area contributed by atoms with Crippen LogP contribution in [0.4, 0.5) is 0 Å². The zero-order valence-electron chi connectivity index (χ0n) is 7.52. The van der Waals surface area contributed by atoms with Gasteiger partial charge in [-0.1, -0.05) is 19.1 Å². The molecule has 1 unspecified atom stereocenters. The van der Waals surface area contributed by atoms with Crippen molar-refractivity contribution in [1.82, 2.24) is 10.9 Å². The molecule has 0 aromatic rings. The van der Waals surface area contributed by atoms with Crippen LogP contribution in [0.2, 0.25) is 0 Å². The molecule has 0 amide bonds. The standard InChI is InChI=1S/C10H14N2/c1-7-3-4-9-6-8(2)11-12-10(9)5-7/h4-7,11-12H,3H2,1-2H3. The number of hydrogen-bond donors (Lipinski definition) is 2. The van der Waals surface area contributed by atoms with Gasteiger partial charge in [-0.05, 0) is 30.9 Å². The van der Waals surface area contributed by atoms with E-state index in [1.54, 1.807) is 0 Å². The Morgan fingerprint density at radius 3 is 3.08 bits per heavy atom. The lowest BCUT2D eigenvalue weighted by molar-refractivity contribution is 0.637. The topological polar surface area (TPSA) is 24.1 Å². The van der Waals surface area contributed by atoms with Crippen LogP contribution in [0.25, 0.3) is 0 Å². The Kier molecular flexibility index (Phi) is 1.68. The van der Waals surface area contributed by atoms with Crippen LogP contribution >= 0.6 is 0 Å². The molecule has 0 saturated carbocycles. The molecule has 1 atom stereocenters. The highest BCUT2D eigenvalue weighted by Gasteiger charge is 2.13. The zero-order valence-corrected chi connectivity index (χ0v) is 7.52. The molecule has 2 heteroatoms. The van der Waals surface area contributed by atoms with Crippen molar-refractivity contribution in [1.29, 1.82) is 0 Å². The first kappa shape index (κ1) is 7.47. The van der Waals surface area contributed by atoms with Crippen LogP contribution in [0.5, 0.6) is 0 Å². The minimum absolute atomic E-state index is 0.657. The predicted molar refractivity (Wildman–Crippen MR) is 50.0 cm³/mol. The van der Waals surface area contributed by atoms with E-state index in [-0.39, 0.29) is 0 Å². The second kappa shape index (κ2) is 2.70. The third-order valence-electron chi connectivity index (χ3n) is 2.24. The van der Waals surface area contributed by atoms with Crippen molar-refractivity contribution >= 4 is 0 Å². The molecule has 0 saturated heterocycles. The number of rotatable bonds is 0. The van der Waals surface area contributed by atoms with Crippen molar-refractivity contribution in [2.75, 3.05) is 0 Å². The molecule has 64 valence electrons. The van der Waals surface area contributed by atoms with Gasteiger partial charge in [0.05, 0.1) is 5.70 Å². The molecule has 1 aliphatic heterocycles. The van der Waals surface area contributed by atoms with E-state index in [0.29, 0.717) is 5.92 Å². The number of fused-ring (bicyclic) bond motifs is 1. The van der Waals surface area contributed by atoms with Crippen LogP contribution in [0.3, 0.4) is 0 Å². The maximum atomic E-state index is 3.18. The van der Waals surface area contributed by atoms with Gasteiger partial charge in [-0.15, -0.1) is 0 Å². The lowest BCUT2D eigenvalue weighted by Crippen LogP contribution is -2.34. The summed E-state index contributed by atoms with van der Waals surface area (Å²) >= 11 is 0. The maximum absolute atomic E-state index is 3.18. The van der Waals surface area contributed by atoms with E-state index in [1.807, 2.05) is 0 Å². The van der Waals surface area contributed by atoms with E-state index in [9.17, 15) is 0 Å². The Balaban J connectivity index is 2.31. The average molecular weight is 162 g/mol. The van der Waals surface area contributed by atoms with Crippen LogP contribution in [0.15, 0.2) is 35.2 Å². The summed E-state index contributed by atoms with van der Waals surface area (Å²) in [5.41, 5.74) is 10.00. The molecule has 0 aromatic carbocycles. The van der Waals surface area contributed by atoms with Gasteiger partial charge < -0.3 is 10.9 Å². The van der Waals surface area contributed by atoms with Crippen molar-refractivity contribution < 1.29 is 0 Å². The van der Waals surface area contributed by atoms with Gasteiger partial charge >= 0.3 is 0 Å². The fourth-order valence-electron chi connectivity index (χ4n) is 1.56. The molecule has 2 N–H and O–H groups in total. The predicted octanol–water partition coefficient (Wildman–Crippen LogP) is 1.85. The van der Waals surface area contributed by atoms with Crippen molar-refractivity contribution in [2.45, 2.75) is 20.3 Å². The van der Waals surface area contributed by atoms with Crippen LogP contribution < -0.4 is 10.9 Å². The molecule has 2 nitrogen and oxygen atoms in total. The summed E-state index contributed by atoms with van der Waals surface area (Å²) in [6, 6.07) is 0. The van der Waals surface area contributed by atoms with E-state index < -0.39 is 0 Å². The van der Waals surface area contributed by atoms with Gasteiger partial charge in [-0.25, -0.2) is 0 Å². The summed E-state index contributed by atoms with van der Waals surface area (Å²) in [6.07, 6.45) is 7.89. The summed E-state index contributed by atoms with van der Waals surface area (Å²) in [4.78, 5) is 0. The van der Waals surface area contributed by atoms with E-state index in [4.69, 9.17) is 0 Å². The molecular formula is C10H14N2. The largest absolute Gasteiger partial charge is 0.305 e. The summed E-state index contributed by atoms with van der Waals surface area (Å²) in [5, 5.41) is 0. The SMILES string of the molecule is CC1=CC2=CCC(C)C=C2NN1. The number of hydrogen-bond acceptors (Lipinski definition) is 2. The van der Waals surface area contributed by atoms with Crippen molar-refractivity contribution in [2.24, 2.45) is 5.92 Å². The first-order valence-corrected chi connectivity index (χ1v) is 4.38. The monoisotopic (exact) mass is 162 g/mol. The normalized spacial score (nSPS) is 27.2. The molecule has 0 radical (unpaired) electrons. The third kappa shape index (κ3) is 1.24. The van der Waals surface area contributed by atoms with Crippen LogP contribution in [0.1, 0.15) is 20.3 Å². The number of hydrazine groups is 1. The number of nitrogens with one attached hydrogen (secondary N) is 2. The molecule has 2 rings (SSSR count). The lowest BCUT2D eigenvalue weighted by atomic mass is 9.94. The maximum Gasteiger partial charge on any atom is 0.0572 e. The molecule has 2 aliphatic rings. The molecule has 0 fully saturated rings. The Morgan fingerprint density at radius 1 is 1.42 bits per heavy atom. The highest BCUT2D eigenvalue weighted by Crippen LogP contribution is 2.23. The van der Waals surface area contributed by atoms with E-state index in [1.165, 1.54) is 17.0 Å². The van der Waals surface area contributed by atoms with E-state index >= 15 is 0 Å². The molecule has 0 spiro atoms. The molecule has 0 aromatic heterocycles. The third-order valence-corrected chi connectivity index (χ3v) is 2.24. The minimum atomic E-state index is 0.657. The highest BCUT2D eigenvalue weighted by molar-refractivity contribution is 5.44. The van der Waals surface area contributed by atoms with Crippen LogP contribution in [0, 0.1) is 5.92 Å². The fraction of sp³-hybridized carbons (Fsp3) is 0.400. The zero-order chi connectivity index (χ0) is 8.55. The summed E-state index contributed by atoms with van der Waals surface area (Å²) in [6.45, 7) is 4.29.